The third-order valence-corrected chi connectivity index (χ3v) is 3.45. The molecule has 0 radical (unpaired) electrons. The van der Waals surface area contributed by atoms with E-state index in [0.717, 1.165) is 16.7 Å². The summed E-state index contributed by atoms with van der Waals surface area (Å²) in [6.07, 6.45) is 1.58. The highest BCUT2D eigenvalue weighted by Gasteiger charge is 2.06. The van der Waals surface area contributed by atoms with E-state index in [1.54, 1.807) is 0 Å². The molecule has 2 rings (SSSR count). The van der Waals surface area contributed by atoms with Crippen molar-refractivity contribution in [2.75, 3.05) is 6.61 Å². The number of nitrogens with one attached hydrogen (secondary N) is 1. The number of rotatable bonds is 4. The highest BCUT2D eigenvalue weighted by molar-refractivity contribution is 7.10. The van der Waals surface area contributed by atoms with Crippen molar-refractivity contribution in [1.82, 2.24) is 5.32 Å². The van der Waals surface area contributed by atoms with Crippen molar-refractivity contribution in [2.45, 2.75) is 13.0 Å². The lowest BCUT2D eigenvalue weighted by atomic mass is 10.2. The third-order valence-electron chi connectivity index (χ3n) is 2.51. The Morgan fingerprint density at radius 2 is 2.29 bits per heavy atom. The minimum Gasteiger partial charge on any atom is -0.430 e. The molecule has 0 bridgehead atoms. The molecule has 0 saturated carbocycles. The molecule has 0 atom stereocenters. The molecule has 108 valence electrons. The van der Waals surface area contributed by atoms with Gasteiger partial charge in [-0.1, -0.05) is 11.8 Å². The number of hydrogen-bond acceptors (Lipinski definition) is 5. The maximum Gasteiger partial charge on any atom is 0.335 e. The van der Waals surface area contributed by atoms with Crippen molar-refractivity contribution in [3.63, 3.8) is 0 Å². The average Bonchev–Trinajstić information content (AvgIpc) is 2.94. The summed E-state index contributed by atoms with van der Waals surface area (Å²) in [6.45, 7) is 0.428. The second-order valence-electron chi connectivity index (χ2n) is 4.10. The van der Waals surface area contributed by atoms with Crippen LogP contribution >= 0.6 is 11.3 Å². The summed E-state index contributed by atoms with van der Waals surface area (Å²) in [5, 5.41) is 13.3. The number of amides is 1. The first-order chi connectivity index (χ1) is 10.2. The van der Waals surface area contributed by atoms with Gasteiger partial charge in [-0.15, -0.1) is 11.3 Å². The lowest BCUT2D eigenvalue weighted by Crippen LogP contribution is -2.22. The van der Waals surface area contributed by atoms with Gasteiger partial charge in [-0.05, 0) is 12.1 Å². The molecule has 0 aromatic carbocycles. The Morgan fingerprint density at radius 3 is 3.00 bits per heavy atom. The fourth-order valence-corrected chi connectivity index (χ4v) is 2.27. The smallest absolute Gasteiger partial charge is 0.335 e. The minimum atomic E-state index is -0.490. The number of carbonyl (C=O) groups is 1. The first-order valence-electron chi connectivity index (χ1n) is 6.23. The van der Waals surface area contributed by atoms with Crippen LogP contribution in [0.2, 0.25) is 0 Å². The van der Waals surface area contributed by atoms with E-state index in [9.17, 15) is 9.59 Å². The molecule has 0 aliphatic rings. The van der Waals surface area contributed by atoms with Gasteiger partial charge in [0.2, 0.25) is 0 Å². The highest BCUT2D eigenvalue weighted by Crippen LogP contribution is 2.13. The zero-order valence-electron chi connectivity index (χ0n) is 11.1. The Bertz CT molecular complexity index is 715. The van der Waals surface area contributed by atoms with Crippen LogP contribution < -0.4 is 10.9 Å². The zero-order valence-corrected chi connectivity index (χ0v) is 11.9. The lowest BCUT2D eigenvalue weighted by Gasteiger charge is -2.02. The number of aliphatic hydroxyl groups excluding tert-OH is 1. The van der Waals surface area contributed by atoms with E-state index in [1.807, 2.05) is 11.4 Å². The van der Waals surface area contributed by atoms with Gasteiger partial charge in [0.05, 0.1) is 18.7 Å². The van der Waals surface area contributed by atoms with Crippen LogP contribution in [0.4, 0.5) is 0 Å². The molecule has 2 N–H and O–H groups in total. The average molecular weight is 303 g/mol. The van der Waals surface area contributed by atoms with Gasteiger partial charge in [0.1, 0.15) is 6.26 Å². The largest absolute Gasteiger partial charge is 0.430 e. The van der Waals surface area contributed by atoms with Crippen molar-refractivity contribution >= 4 is 17.2 Å². The van der Waals surface area contributed by atoms with Crippen molar-refractivity contribution in [1.29, 1.82) is 0 Å². The van der Waals surface area contributed by atoms with E-state index < -0.39 is 5.63 Å². The highest BCUT2D eigenvalue weighted by atomic mass is 32.1. The summed E-state index contributed by atoms with van der Waals surface area (Å²) in [4.78, 5) is 23.6. The summed E-state index contributed by atoms with van der Waals surface area (Å²) in [5.74, 6) is 5.46. The zero-order chi connectivity index (χ0) is 15.1. The lowest BCUT2D eigenvalue weighted by molar-refractivity contribution is 0.0949. The van der Waals surface area contributed by atoms with Crippen molar-refractivity contribution in [3.8, 4) is 11.8 Å². The summed E-state index contributed by atoms with van der Waals surface area (Å²) in [7, 11) is 0. The maximum atomic E-state index is 11.8. The van der Waals surface area contributed by atoms with Crippen LogP contribution in [0, 0.1) is 11.8 Å². The van der Waals surface area contributed by atoms with Gasteiger partial charge >= 0.3 is 5.63 Å². The molecule has 21 heavy (non-hydrogen) atoms. The molecule has 2 aromatic rings. The van der Waals surface area contributed by atoms with Gasteiger partial charge in [-0.3, -0.25) is 4.79 Å². The van der Waals surface area contributed by atoms with Crippen molar-refractivity contribution < 1.29 is 14.3 Å². The Kier molecular flexibility index (Phi) is 5.32. The predicted octanol–water partition coefficient (Wildman–Crippen LogP) is 1.37. The predicted molar refractivity (Wildman–Crippen MR) is 79.0 cm³/mol. The van der Waals surface area contributed by atoms with Gasteiger partial charge in [0.15, 0.2) is 0 Å². The van der Waals surface area contributed by atoms with Crippen LogP contribution in [0.1, 0.15) is 27.2 Å². The van der Waals surface area contributed by atoms with E-state index in [2.05, 4.69) is 21.6 Å². The van der Waals surface area contributed by atoms with Crippen LogP contribution in [-0.4, -0.2) is 17.6 Å². The number of hydrogen-bond donors (Lipinski definition) is 2. The van der Waals surface area contributed by atoms with Gasteiger partial charge in [-0.25, -0.2) is 4.79 Å². The van der Waals surface area contributed by atoms with Crippen LogP contribution in [0.3, 0.4) is 0 Å². The molecule has 2 heterocycles. The Morgan fingerprint density at radius 1 is 1.43 bits per heavy atom. The van der Waals surface area contributed by atoms with E-state index in [0.29, 0.717) is 18.5 Å². The molecule has 0 unspecified atom stereocenters. The normalized spacial score (nSPS) is 9.76. The van der Waals surface area contributed by atoms with Gasteiger partial charge in [0, 0.05) is 28.3 Å². The standard InChI is InChI=1S/C15H13NO4S/c17-6-2-1-3-11-7-13(21-10-11)8-16-15(19)12-4-5-14(18)20-9-12/h4-5,7,9-10,17H,2,6,8H2,(H,16,19). The van der Waals surface area contributed by atoms with Crippen LogP contribution in [-0.2, 0) is 6.54 Å². The summed E-state index contributed by atoms with van der Waals surface area (Å²) in [6, 6.07) is 4.51. The number of carbonyl (C=O) groups excluding carboxylic acids is 1. The molecular weight excluding hydrogens is 290 g/mol. The Labute approximate surface area is 125 Å². The molecule has 5 nitrogen and oxygen atoms in total. The second kappa shape index (κ2) is 7.43. The molecule has 0 aliphatic heterocycles. The Hall–Kier alpha value is -2.36. The van der Waals surface area contributed by atoms with Crippen molar-refractivity contribution in [2.24, 2.45) is 0 Å². The monoisotopic (exact) mass is 303 g/mol. The maximum absolute atomic E-state index is 11.8. The topological polar surface area (TPSA) is 79.5 Å². The fourth-order valence-electron chi connectivity index (χ4n) is 1.52. The summed E-state index contributed by atoms with van der Waals surface area (Å²) >= 11 is 1.49. The van der Waals surface area contributed by atoms with E-state index in [-0.39, 0.29) is 12.5 Å². The molecule has 1 amide bonds. The molecule has 0 aliphatic carbocycles. The SMILES string of the molecule is O=C(NCc1cc(C#CCCO)cs1)c1ccc(=O)oc1. The summed E-state index contributed by atoms with van der Waals surface area (Å²) in [5.41, 5.74) is 0.674. The van der Waals surface area contributed by atoms with Gasteiger partial charge in [0.25, 0.3) is 5.91 Å². The van der Waals surface area contributed by atoms with Crippen LogP contribution in [0.25, 0.3) is 0 Å². The second-order valence-corrected chi connectivity index (χ2v) is 5.10. The van der Waals surface area contributed by atoms with Gasteiger partial charge in [-0.2, -0.15) is 0 Å². The first-order valence-corrected chi connectivity index (χ1v) is 7.11. The molecule has 2 aromatic heterocycles. The molecule has 6 heteroatoms. The van der Waals surface area contributed by atoms with Crippen LogP contribution in [0.15, 0.2) is 39.1 Å². The van der Waals surface area contributed by atoms with Crippen LogP contribution in [0.5, 0.6) is 0 Å². The van der Waals surface area contributed by atoms with E-state index >= 15 is 0 Å². The van der Waals surface area contributed by atoms with Crippen molar-refractivity contribution in [3.05, 3.63) is 56.3 Å². The minimum absolute atomic E-state index is 0.0489. The fraction of sp³-hybridized carbons (Fsp3) is 0.200. The first kappa shape index (κ1) is 15.0. The van der Waals surface area contributed by atoms with Gasteiger partial charge < -0.3 is 14.8 Å². The summed E-state index contributed by atoms with van der Waals surface area (Å²) < 4.78 is 4.64. The molecule has 0 fully saturated rings. The van der Waals surface area contributed by atoms with E-state index in [4.69, 9.17) is 5.11 Å². The quantitative estimate of drug-likeness (QED) is 0.836. The molecular formula is C15H13NO4S. The number of thiophene rings is 1. The molecule has 0 saturated heterocycles. The number of aliphatic hydroxyl groups is 1. The van der Waals surface area contributed by atoms with E-state index in [1.165, 1.54) is 23.5 Å². The third kappa shape index (κ3) is 4.60. The Balaban J connectivity index is 1.91. The molecule has 0 spiro atoms.